The van der Waals surface area contributed by atoms with Crippen molar-refractivity contribution in [3.8, 4) is 0 Å². The predicted molar refractivity (Wildman–Crippen MR) is 103 cm³/mol. The lowest BCUT2D eigenvalue weighted by molar-refractivity contribution is 0.308. The summed E-state index contributed by atoms with van der Waals surface area (Å²) >= 11 is 0. The molecule has 7 heteroatoms. The molecule has 0 rings (SSSR count). The molecule has 0 aliphatic heterocycles. The molecule has 0 saturated carbocycles. The van der Waals surface area contributed by atoms with Gasteiger partial charge in [-0.3, -0.25) is 0 Å². The molecule has 0 atom stereocenters. The smallest absolute Gasteiger partial charge is 0.318 e. The molecular weight excluding hydrogens is 328 g/mol. The maximum absolute atomic E-state index is 6.88. The second-order valence-electron chi connectivity index (χ2n) is 7.77. The third-order valence-electron chi connectivity index (χ3n) is 3.51. The average Bonchev–Trinajstić information content (AvgIpc) is 2.33. The van der Waals surface area contributed by atoms with E-state index in [-0.39, 0.29) is 0 Å². The van der Waals surface area contributed by atoms with Crippen molar-refractivity contribution >= 4 is 33.8 Å². The van der Waals surface area contributed by atoms with Crippen LogP contribution in [0, 0.1) is 0 Å². The Morgan fingerprint density at radius 2 is 0.714 bits per heavy atom. The molecule has 0 radical (unpaired) electrons. The largest absolute Gasteiger partial charge is 0.436 e. The summed E-state index contributed by atoms with van der Waals surface area (Å²) in [7, 11) is -7.48. The van der Waals surface area contributed by atoms with E-state index in [9.17, 15) is 0 Å². The first-order valence-corrected chi connectivity index (χ1v) is 19.7. The fraction of sp³-hybridized carbons (Fsp3) is 1.00. The third kappa shape index (κ3) is 7.71. The van der Waals surface area contributed by atoms with Crippen molar-refractivity contribution in [1.29, 1.82) is 0 Å². The summed E-state index contributed by atoms with van der Waals surface area (Å²) in [5, 5.41) is 0. The quantitative estimate of drug-likeness (QED) is 0.466. The fourth-order valence-corrected chi connectivity index (χ4v) is 20.9. The first kappa shape index (κ1) is 21.7. The van der Waals surface area contributed by atoms with Gasteiger partial charge in [0.15, 0.2) is 16.6 Å². The summed E-state index contributed by atoms with van der Waals surface area (Å²) < 4.78 is 20.1. The Morgan fingerprint density at radius 3 is 0.857 bits per heavy atom. The molecule has 0 aliphatic rings. The van der Waals surface area contributed by atoms with Crippen LogP contribution in [-0.2, 0) is 12.3 Å². The molecule has 0 aromatic rings. The summed E-state index contributed by atoms with van der Waals surface area (Å²) in [5.74, 6) is 0. The highest BCUT2D eigenvalue weighted by molar-refractivity contribution is 6.90. The molecule has 21 heavy (non-hydrogen) atoms. The van der Waals surface area contributed by atoms with Gasteiger partial charge in [-0.1, -0.05) is 27.7 Å². The predicted octanol–water partition coefficient (Wildman–Crippen LogP) is 5.67. The Labute approximate surface area is 137 Å². The lowest BCUT2D eigenvalue weighted by atomic mass is 10.9. The average molecular weight is 367 g/mol. The fourth-order valence-electron chi connectivity index (χ4n) is 2.57. The Balaban J connectivity index is 5.42. The molecule has 0 unspecified atom stereocenters. The number of hydrogen-bond donors (Lipinski definition) is 0. The Morgan fingerprint density at radius 1 is 0.476 bits per heavy atom. The van der Waals surface area contributed by atoms with E-state index in [1.807, 2.05) is 0 Å². The SMILES string of the molecule is CC[Si](CC)(O[Si](C)(C)C)O[Si](CC)(CC)O[Si](C)(C)C. The molecule has 0 fully saturated rings. The van der Waals surface area contributed by atoms with Crippen LogP contribution in [0.1, 0.15) is 27.7 Å². The minimum Gasteiger partial charge on any atom is -0.436 e. The maximum atomic E-state index is 6.88. The second-order valence-corrected chi connectivity index (χ2v) is 25.1. The van der Waals surface area contributed by atoms with Crippen molar-refractivity contribution in [3.63, 3.8) is 0 Å². The molecule has 0 spiro atoms. The van der Waals surface area contributed by atoms with Gasteiger partial charge >= 0.3 is 17.1 Å². The van der Waals surface area contributed by atoms with Gasteiger partial charge in [0, 0.05) is 0 Å². The molecule has 0 aromatic carbocycles. The van der Waals surface area contributed by atoms with Crippen molar-refractivity contribution in [1.82, 2.24) is 0 Å². The maximum Gasteiger partial charge on any atom is 0.318 e. The van der Waals surface area contributed by atoms with Crippen LogP contribution in [0.2, 0.25) is 63.5 Å². The van der Waals surface area contributed by atoms with Gasteiger partial charge in [-0.15, -0.1) is 0 Å². The van der Waals surface area contributed by atoms with Crippen molar-refractivity contribution in [2.24, 2.45) is 0 Å². The Hall–Kier alpha value is 0.748. The highest BCUT2D eigenvalue weighted by Gasteiger charge is 2.48. The molecule has 0 aromatic heterocycles. The molecule has 128 valence electrons. The highest BCUT2D eigenvalue weighted by atomic mass is 28.5. The van der Waals surface area contributed by atoms with E-state index < -0.39 is 33.8 Å². The van der Waals surface area contributed by atoms with Gasteiger partial charge in [0.1, 0.15) is 0 Å². The van der Waals surface area contributed by atoms with E-state index in [1.165, 1.54) is 0 Å². The first-order valence-electron chi connectivity index (χ1n) is 8.47. The normalized spacial score (nSPS) is 14.6. The van der Waals surface area contributed by atoms with E-state index in [1.54, 1.807) is 0 Å². The molecule has 3 nitrogen and oxygen atoms in total. The number of hydrogen-bond acceptors (Lipinski definition) is 3. The van der Waals surface area contributed by atoms with Gasteiger partial charge in [0.25, 0.3) is 0 Å². The molecule has 0 bridgehead atoms. The zero-order chi connectivity index (χ0) is 16.9. The van der Waals surface area contributed by atoms with Gasteiger partial charge in [-0.25, -0.2) is 0 Å². The van der Waals surface area contributed by atoms with Crippen molar-refractivity contribution in [3.05, 3.63) is 0 Å². The summed E-state index contributed by atoms with van der Waals surface area (Å²) in [4.78, 5) is 0. The van der Waals surface area contributed by atoms with Gasteiger partial charge in [-0.2, -0.15) is 0 Å². The van der Waals surface area contributed by atoms with Crippen molar-refractivity contribution < 1.29 is 12.3 Å². The zero-order valence-electron chi connectivity index (χ0n) is 16.1. The van der Waals surface area contributed by atoms with E-state index >= 15 is 0 Å². The molecule has 0 saturated heterocycles. The van der Waals surface area contributed by atoms with Crippen LogP contribution < -0.4 is 0 Å². The van der Waals surface area contributed by atoms with Crippen LogP contribution in [-0.4, -0.2) is 33.8 Å². The van der Waals surface area contributed by atoms with E-state index in [0.717, 1.165) is 24.2 Å². The van der Waals surface area contributed by atoms with Crippen molar-refractivity contribution in [2.45, 2.75) is 91.2 Å². The van der Waals surface area contributed by atoms with Gasteiger partial charge in [0.2, 0.25) is 0 Å². The minimum absolute atomic E-state index is 1.03. The summed E-state index contributed by atoms with van der Waals surface area (Å²) in [6.45, 7) is 22.5. The molecule has 0 aliphatic carbocycles. The Kier molecular flexibility index (Phi) is 8.31. The minimum atomic E-state index is -2.14. The number of rotatable bonds is 10. The lowest BCUT2D eigenvalue weighted by Crippen LogP contribution is -2.59. The molecule has 0 heterocycles. The van der Waals surface area contributed by atoms with Gasteiger partial charge < -0.3 is 12.3 Å². The third-order valence-corrected chi connectivity index (χ3v) is 18.7. The molecular formula is C14H38O3Si4. The van der Waals surface area contributed by atoms with E-state index in [0.29, 0.717) is 0 Å². The van der Waals surface area contributed by atoms with E-state index in [2.05, 4.69) is 67.0 Å². The van der Waals surface area contributed by atoms with E-state index in [4.69, 9.17) is 12.3 Å². The Bertz CT molecular complexity index is 272. The zero-order valence-corrected chi connectivity index (χ0v) is 20.1. The molecule has 0 N–H and O–H groups in total. The lowest BCUT2D eigenvalue weighted by Gasteiger charge is -2.44. The van der Waals surface area contributed by atoms with Crippen LogP contribution in [0.25, 0.3) is 0 Å². The van der Waals surface area contributed by atoms with Crippen LogP contribution >= 0.6 is 0 Å². The molecule has 0 amide bonds. The van der Waals surface area contributed by atoms with Gasteiger partial charge in [0.05, 0.1) is 0 Å². The topological polar surface area (TPSA) is 27.7 Å². The highest BCUT2D eigenvalue weighted by Crippen LogP contribution is 2.33. The van der Waals surface area contributed by atoms with Crippen LogP contribution in [0.4, 0.5) is 0 Å². The summed E-state index contributed by atoms with van der Waals surface area (Å²) in [5.41, 5.74) is 0. The van der Waals surface area contributed by atoms with Crippen LogP contribution in [0.3, 0.4) is 0 Å². The van der Waals surface area contributed by atoms with Crippen molar-refractivity contribution in [2.75, 3.05) is 0 Å². The second kappa shape index (κ2) is 8.03. The van der Waals surface area contributed by atoms with Crippen LogP contribution in [0.5, 0.6) is 0 Å². The van der Waals surface area contributed by atoms with Gasteiger partial charge in [-0.05, 0) is 63.5 Å². The summed E-state index contributed by atoms with van der Waals surface area (Å²) in [6, 6.07) is 4.10. The first-order chi connectivity index (χ1) is 9.36. The monoisotopic (exact) mass is 366 g/mol. The standard InChI is InChI=1S/C14H38O3Si4/c1-11-20(12-2,15-18(5,6)7)17-21(13-3,14-4)16-19(8,9)10/h11-14H2,1-10H3. The van der Waals surface area contributed by atoms with Crippen LogP contribution in [0.15, 0.2) is 0 Å². The summed E-state index contributed by atoms with van der Waals surface area (Å²) in [6.07, 6.45) is 0.